The van der Waals surface area contributed by atoms with E-state index in [9.17, 15) is 4.79 Å². The average molecular weight is 285 g/mol. The summed E-state index contributed by atoms with van der Waals surface area (Å²) < 4.78 is 0. The van der Waals surface area contributed by atoms with E-state index in [1.54, 1.807) is 0 Å². The Balaban J connectivity index is 1.57. The Morgan fingerprint density at radius 1 is 0.857 bits per heavy atom. The number of carbonyl (C=O) groups excluding carboxylic acids is 1. The third-order valence-electron chi connectivity index (χ3n) is 5.07. The second-order valence-electron chi connectivity index (χ2n) is 6.41. The molecule has 0 unspecified atom stereocenters. The van der Waals surface area contributed by atoms with Gasteiger partial charge in [-0.2, -0.15) is 0 Å². The summed E-state index contributed by atoms with van der Waals surface area (Å²) in [4.78, 5) is 19.3. The first-order valence-electron chi connectivity index (χ1n) is 8.22. The molecule has 0 N–H and O–H groups in total. The van der Waals surface area contributed by atoms with Crippen LogP contribution < -0.4 is 4.90 Å². The summed E-state index contributed by atoms with van der Waals surface area (Å²) in [6.07, 6.45) is 4.74. The number of benzene rings is 1. The zero-order valence-electron chi connectivity index (χ0n) is 12.6. The van der Waals surface area contributed by atoms with Gasteiger partial charge in [-0.3, -0.25) is 0 Å². The van der Waals surface area contributed by atoms with Crippen molar-refractivity contribution in [3.8, 4) is 0 Å². The van der Waals surface area contributed by atoms with E-state index >= 15 is 0 Å². The predicted molar refractivity (Wildman–Crippen MR) is 83.6 cm³/mol. The lowest BCUT2D eigenvalue weighted by atomic mass is 10.1. The first kappa shape index (κ1) is 13.0. The second kappa shape index (κ2) is 5.24. The topological polar surface area (TPSA) is 26.8 Å². The minimum Gasteiger partial charge on any atom is -0.369 e. The Bertz CT molecular complexity index is 551. The summed E-state index contributed by atoms with van der Waals surface area (Å²) in [5.41, 5.74) is 4.19. The predicted octanol–water partition coefficient (Wildman–Crippen LogP) is 2.47. The van der Waals surface area contributed by atoms with Crippen molar-refractivity contribution in [1.29, 1.82) is 0 Å². The number of hydrogen-bond acceptors (Lipinski definition) is 2. The smallest absolute Gasteiger partial charge is 0.320 e. The van der Waals surface area contributed by atoms with E-state index in [2.05, 4.69) is 32.9 Å². The minimum atomic E-state index is 0.244. The minimum absolute atomic E-state index is 0.244. The van der Waals surface area contributed by atoms with Crippen LogP contribution >= 0.6 is 0 Å². The number of piperidine rings is 1. The summed E-state index contributed by atoms with van der Waals surface area (Å²) in [5.74, 6) is 0. The molecule has 0 spiro atoms. The molecule has 0 bridgehead atoms. The maximum Gasteiger partial charge on any atom is 0.320 e. The van der Waals surface area contributed by atoms with Crippen LogP contribution in [0.15, 0.2) is 18.2 Å². The highest BCUT2D eigenvalue weighted by molar-refractivity contribution is 5.76. The molecular weight excluding hydrogens is 262 g/mol. The molecule has 0 atom stereocenters. The standard InChI is InChI=1S/C17H23N3O/c21-17(19-8-2-1-3-9-19)20-12-11-18-10-7-14-5-4-6-15(13-20)16(14)18/h4-6H,1-3,7-13H2. The summed E-state index contributed by atoms with van der Waals surface area (Å²) in [6.45, 7) is 5.58. The lowest BCUT2D eigenvalue weighted by molar-refractivity contribution is 0.143. The lowest BCUT2D eigenvalue weighted by Gasteiger charge is -2.32. The van der Waals surface area contributed by atoms with Gasteiger partial charge in [-0.25, -0.2) is 4.79 Å². The van der Waals surface area contributed by atoms with Crippen molar-refractivity contribution in [3.05, 3.63) is 29.3 Å². The van der Waals surface area contributed by atoms with Crippen molar-refractivity contribution >= 4 is 11.7 Å². The number of urea groups is 1. The van der Waals surface area contributed by atoms with E-state index in [-0.39, 0.29) is 6.03 Å². The molecule has 0 aliphatic carbocycles. The molecule has 4 rings (SSSR count). The summed E-state index contributed by atoms with van der Waals surface area (Å²) in [6, 6.07) is 6.82. The maximum absolute atomic E-state index is 12.8. The van der Waals surface area contributed by atoms with Crippen molar-refractivity contribution in [2.75, 3.05) is 37.6 Å². The highest BCUT2D eigenvalue weighted by Gasteiger charge is 2.30. The van der Waals surface area contributed by atoms with E-state index in [1.807, 2.05) is 0 Å². The largest absolute Gasteiger partial charge is 0.369 e. The summed E-state index contributed by atoms with van der Waals surface area (Å²) in [7, 11) is 0. The monoisotopic (exact) mass is 285 g/mol. The number of nitrogens with zero attached hydrogens (tertiary/aromatic N) is 3. The molecule has 1 saturated heterocycles. The van der Waals surface area contributed by atoms with Crippen molar-refractivity contribution in [2.24, 2.45) is 0 Å². The fraction of sp³-hybridized carbons (Fsp3) is 0.588. The van der Waals surface area contributed by atoms with Gasteiger partial charge >= 0.3 is 6.03 Å². The fourth-order valence-electron chi connectivity index (χ4n) is 3.95. The first-order chi connectivity index (χ1) is 10.3. The van der Waals surface area contributed by atoms with Gasteiger partial charge < -0.3 is 14.7 Å². The van der Waals surface area contributed by atoms with Crippen LogP contribution in [0.1, 0.15) is 30.4 Å². The van der Waals surface area contributed by atoms with Gasteiger partial charge in [0.2, 0.25) is 0 Å². The Labute approximate surface area is 126 Å². The quantitative estimate of drug-likeness (QED) is 0.732. The Morgan fingerprint density at radius 3 is 2.52 bits per heavy atom. The Hall–Kier alpha value is -1.71. The van der Waals surface area contributed by atoms with Crippen LogP contribution in [0.2, 0.25) is 0 Å². The molecule has 0 saturated carbocycles. The lowest BCUT2D eigenvalue weighted by Crippen LogP contribution is -2.46. The zero-order valence-corrected chi connectivity index (χ0v) is 12.6. The molecule has 3 aliphatic rings. The highest BCUT2D eigenvalue weighted by atomic mass is 16.2. The van der Waals surface area contributed by atoms with E-state index in [0.29, 0.717) is 0 Å². The molecule has 0 aromatic heterocycles. The average Bonchev–Trinajstić information content (AvgIpc) is 2.85. The van der Waals surface area contributed by atoms with Gasteiger partial charge in [0.1, 0.15) is 0 Å². The third-order valence-corrected chi connectivity index (χ3v) is 5.07. The van der Waals surface area contributed by atoms with Crippen molar-refractivity contribution in [2.45, 2.75) is 32.2 Å². The molecule has 1 fully saturated rings. The van der Waals surface area contributed by atoms with Gasteiger partial charge in [-0.15, -0.1) is 0 Å². The van der Waals surface area contributed by atoms with Crippen LogP contribution in [0.4, 0.5) is 10.5 Å². The maximum atomic E-state index is 12.8. The summed E-state index contributed by atoms with van der Waals surface area (Å²) >= 11 is 0. The number of carbonyl (C=O) groups is 1. The SMILES string of the molecule is O=C(N1CCCCC1)N1CCN2CCc3cccc(c32)C1. The van der Waals surface area contributed by atoms with Gasteiger partial charge in [-0.05, 0) is 36.8 Å². The number of anilines is 1. The van der Waals surface area contributed by atoms with E-state index in [1.165, 1.54) is 23.2 Å². The van der Waals surface area contributed by atoms with Crippen molar-refractivity contribution in [1.82, 2.24) is 9.80 Å². The number of amides is 2. The van der Waals surface area contributed by atoms with Crippen LogP contribution in [0.3, 0.4) is 0 Å². The second-order valence-corrected chi connectivity index (χ2v) is 6.41. The molecular formula is C17H23N3O. The van der Waals surface area contributed by atoms with Gasteiger partial charge in [-0.1, -0.05) is 18.2 Å². The first-order valence-corrected chi connectivity index (χ1v) is 8.22. The van der Waals surface area contributed by atoms with E-state index < -0.39 is 0 Å². The van der Waals surface area contributed by atoms with Gasteiger partial charge in [0.15, 0.2) is 0 Å². The number of hydrogen-bond donors (Lipinski definition) is 0. The van der Waals surface area contributed by atoms with Crippen LogP contribution in [0.25, 0.3) is 0 Å². The molecule has 0 radical (unpaired) electrons. The van der Waals surface area contributed by atoms with Gasteiger partial charge in [0, 0.05) is 45.0 Å². The normalized spacial score (nSPS) is 21.2. The number of rotatable bonds is 0. The van der Waals surface area contributed by atoms with Crippen molar-refractivity contribution in [3.63, 3.8) is 0 Å². The Kier molecular flexibility index (Phi) is 3.24. The molecule has 4 nitrogen and oxygen atoms in total. The van der Waals surface area contributed by atoms with Crippen LogP contribution in [-0.4, -0.2) is 48.6 Å². The molecule has 1 aromatic carbocycles. The Morgan fingerprint density at radius 2 is 1.67 bits per heavy atom. The molecule has 1 aromatic rings. The molecule has 4 heteroatoms. The number of likely N-dealkylation sites (tertiary alicyclic amines) is 1. The van der Waals surface area contributed by atoms with E-state index in [4.69, 9.17) is 0 Å². The van der Waals surface area contributed by atoms with Crippen molar-refractivity contribution < 1.29 is 4.79 Å². The third kappa shape index (κ3) is 2.27. The van der Waals surface area contributed by atoms with Crippen LogP contribution in [0, 0.1) is 0 Å². The number of para-hydroxylation sites is 1. The van der Waals surface area contributed by atoms with Crippen LogP contribution in [0.5, 0.6) is 0 Å². The molecule has 2 amide bonds. The van der Waals surface area contributed by atoms with Gasteiger partial charge in [0.05, 0.1) is 0 Å². The van der Waals surface area contributed by atoms with Gasteiger partial charge in [0.25, 0.3) is 0 Å². The molecule has 21 heavy (non-hydrogen) atoms. The highest BCUT2D eigenvalue weighted by Crippen LogP contribution is 2.34. The summed E-state index contributed by atoms with van der Waals surface area (Å²) in [5, 5.41) is 0. The van der Waals surface area contributed by atoms with Crippen LogP contribution in [-0.2, 0) is 13.0 Å². The van der Waals surface area contributed by atoms with E-state index in [0.717, 1.165) is 58.5 Å². The zero-order chi connectivity index (χ0) is 14.2. The molecule has 112 valence electrons. The fourth-order valence-corrected chi connectivity index (χ4v) is 3.95. The molecule has 3 aliphatic heterocycles. The molecule has 3 heterocycles.